The van der Waals surface area contributed by atoms with E-state index in [1.54, 1.807) is 54.6 Å². The average molecular weight is 514 g/mol. The molecule has 0 fully saturated rings. The van der Waals surface area contributed by atoms with E-state index in [4.69, 9.17) is 15.3 Å². The van der Waals surface area contributed by atoms with Crippen molar-refractivity contribution < 1.29 is 43.1 Å². The molecule has 0 aliphatic rings. The number of halogens is 3. The number of carboxylic acid groups (broad SMARTS) is 1. The third kappa shape index (κ3) is 10.1. The zero-order valence-electron chi connectivity index (χ0n) is 19.2. The van der Waals surface area contributed by atoms with Crippen LogP contribution in [0.2, 0.25) is 0 Å². The van der Waals surface area contributed by atoms with Crippen molar-refractivity contribution in [2.24, 2.45) is 5.92 Å². The molecule has 35 heavy (non-hydrogen) atoms. The second-order valence-electron chi connectivity index (χ2n) is 7.66. The maximum absolute atomic E-state index is 11.7. The van der Waals surface area contributed by atoms with Crippen molar-refractivity contribution in [3.8, 4) is 0 Å². The molecule has 0 aromatic heterocycles. The van der Waals surface area contributed by atoms with Crippen LogP contribution in [-0.2, 0) is 0 Å². The number of carboxylic acids is 1. The van der Waals surface area contributed by atoms with Gasteiger partial charge in [-0.25, -0.2) is 4.79 Å². The molecule has 0 bridgehead atoms. The van der Waals surface area contributed by atoms with Gasteiger partial charge in [0.25, 0.3) is 0 Å². The van der Waals surface area contributed by atoms with Crippen LogP contribution in [0, 0.1) is 5.92 Å². The quantitative estimate of drug-likeness (QED) is 0.333. The Hall–Kier alpha value is -2.81. The molecule has 10 heteroatoms. The summed E-state index contributed by atoms with van der Waals surface area (Å²) in [6.45, 7) is 2.35. The van der Waals surface area contributed by atoms with Gasteiger partial charge in [-0.1, -0.05) is 25.1 Å². The number of hydrogen-bond acceptors (Lipinski definition) is 5. The zero-order chi connectivity index (χ0) is 26.6. The van der Waals surface area contributed by atoms with Crippen molar-refractivity contribution in [3.63, 3.8) is 0 Å². The molecule has 0 saturated heterocycles. The summed E-state index contributed by atoms with van der Waals surface area (Å²) in [5.41, 5.74) is 0.331. The predicted molar refractivity (Wildman–Crippen MR) is 131 cm³/mol. The van der Waals surface area contributed by atoms with Crippen molar-refractivity contribution in [1.82, 2.24) is 0 Å². The van der Waals surface area contributed by atoms with Gasteiger partial charge in [-0.3, -0.25) is 0 Å². The fourth-order valence-corrected chi connectivity index (χ4v) is 4.30. The van der Waals surface area contributed by atoms with E-state index in [2.05, 4.69) is 0 Å². The first-order valence-corrected chi connectivity index (χ1v) is 12.4. The Bertz CT molecular complexity index is 958. The van der Waals surface area contributed by atoms with Crippen molar-refractivity contribution >= 4 is 24.3 Å². The Balaban J connectivity index is 0.000000273. The standard InChI is InChI=1S/C12H13O2P.C7H6O2.C6H11F3O2/c13-15(14,11-7-3-1-4-8-11)12-9-5-2-6-10-12;8-7(9)6-4-2-1-3-5-6;1-3(4(2)10)5(11)6(7,8)9/h1-10,13-15H;1-5H,(H,8,9);3-5,10-11H,1-2H3. The number of aliphatic hydroxyl groups is 2. The SMILES string of the molecule is CC(O)C(C)C(O)C(F)(F)F.O=C(O)c1ccccc1.O[PH](O)(c1ccccc1)c1ccccc1. The first-order valence-electron chi connectivity index (χ1n) is 10.6. The van der Waals surface area contributed by atoms with Crippen LogP contribution in [0.3, 0.4) is 0 Å². The van der Waals surface area contributed by atoms with Gasteiger partial charge in [0.05, 0.1) is 11.7 Å². The van der Waals surface area contributed by atoms with Gasteiger partial charge in [0.1, 0.15) is 0 Å². The van der Waals surface area contributed by atoms with E-state index in [1.807, 2.05) is 36.4 Å². The summed E-state index contributed by atoms with van der Waals surface area (Å²) < 4.78 is 35.1. The van der Waals surface area contributed by atoms with E-state index in [1.165, 1.54) is 6.92 Å². The number of rotatable bonds is 5. The van der Waals surface area contributed by atoms with Crippen molar-refractivity contribution in [2.75, 3.05) is 0 Å². The van der Waals surface area contributed by atoms with Gasteiger partial charge in [-0.05, 0) is 19.1 Å². The molecule has 0 saturated carbocycles. The second-order valence-corrected chi connectivity index (χ2v) is 10.2. The number of hydrogen-bond donors (Lipinski definition) is 5. The number of alkyl halides is 3. The summed E-state index contributed by atoms with van der Waals surface area (Å²) in [5, 5.41) is 26.8. The first kappa shape index (κ1) is 30.2. The fourth-order valence-electron chi connectivity index (χ4n) is 2.65. The van der Waals surface area contributed by atoms with Gasteiger partial charge in [-0.15, -0.1) is 0 Å². The van der Waals surface area contributed by atoms with Gasteiger partial charge < -0.3 is 15.3 Å². The molecule has 0 heterocycles. The van der Waals surface area contributed by atoms with Crippen LogP contribution in [-0.4, -0.2) is 49.5 Å². The number of benzene rings is 3. The van der Waals surface area contributed by atoms with E-state index >= 15 is 0 Å². The molecule has 3 aromatic rings. The maximum atomic E-state index is 11.7. The molecule has 6 nitrogen and oxygen atoms in total. The van der Waals surface area contributed by atoms with Gasteiger partial charge in [0.15, 0.2) is 6.10 Å². The molecule has 0 aliphatic carbocycles. The van der Waals surface area contributed by atoms with E-state index in [0.29, 0.717) is 16.2 Å². The van der Waals surface area contributed by atoms with Crippen LogP contribution >= 0.6 is 7.72 Å². The third-order valence-electron chi connectivity index (χ3n) is 4.97. The van der Waals surface area contributed by atoms with E-state index in [0.717, 1.165) is 6.92 Å². The molecule has 3 atom stereocenters. The molecule has 3 aromatic carbocycles. The van der Waals surface area contributed by atoms with Crippen LogP contribution in [0.5, 0.6) is 0 Å². The Morgan fingerprint density at radius 3 is 1.31 bits per heavy atom. The van der Waals surface area contributed by atoms with Gasteiger partial charge in [0.2, 0.25) is 0 Å². The van der Waals surface area contributed by atoms with Crippen LogP contribution in [0.15, 0.2) is 91.0 Å². The summed E-state index contributed by atoms with van der Waals surface area (Å²) in [4.78, 5) is 30.5. The van der Waals surface area contributed by atoms with Crippen molar-refractivity contribution in [3.05, 3.63) is 96.6 Å². The molecular weight excluding hydrogens is 484 g/mol. The van der Waals surface area contributed by atoms with E-state index < -0.39 is 38.0 Å². The number of aliphatic hydroxyl groups excluding tert-OH is 2. The molecule has 0 amide bonds. The Kier molecular flexibility index (Phi) is 12.0. The Labute approximate surface area is 202 Å². The minimum absolute atomic E-state index is 0.331. The van der Waals surface area contributed by atoms with Crippen molar-refractivity contribution in [2.45, 2.75) is 32.2 Å². The second kappa shape index (κ2) is 13.9. The molecule has 3 unspecified atom stereocenters. The molecule has 0 radical (unpaired) electrons. The topological polar surface area (TPSA) is 118 Å². The summed E-state index contributed by atoms with van der Waals surface area (Å²) in [6, 6.07) is 26.3. The predicted octanol–water partition coefficient (Wildman–Crippen LogP) is 3.51. The van der Waals surface area contributed by atoms with Crippen molar-refractivity contribution in [1.29, 1.82) is 0 Å². The third-order valence-corrected chi connectivity index (χ3v) is 7.24. The number of aromatic carboxylic acids is 1. The minimum atomic E-state index is -4.64. The summed E-state index contributed by atoms with van der Waals surface area (Å²) >= 11 is 0. The normalized spacial score (nSPS) is 14.2. The van der Waals surface area contributed by atoms with Crippen LogP contribution in [0.1, 0.15) is 24.2 Å². The zero-order valence-corrected chi connectivity index (χ0v) is 20.2. The summed E-state index contributed by atoms with van der Waals surface area (Å²) in [6.07, 6.45) is -8.25. The van der Waals surface area contributed by atoms with Gasteiger partial charge >= 0.3 is 101 Å². The van der Waals surface area contributed by atoms with E-state index in [-0.39, 0.29) is 0 Å². The van der Waals surface area contributed by atoms with Crippen LogP contribution < -0.4 is 10.6 Å². The molecule has 3 rings (SSSR count). The Morgan fingerprint density at radius 2 is 1.09 bits per heavy atom. The van der Waals surface area contributed by atoms with Gasteiger partial charge in [0, 0.05) is 5.92 Å². The summed E-state index contributed by atoms with van der Waals surface area (Å²) in [5.74, 6) is -2.06. The van der Waals surface area contributed by atoms with E-state index in [9.17, 15) is 27.8 Å². The monoisotopic (exact) mass is 514 g/mol. The molecule has 5 N–H and O–H groups in total. The molecule has 0 aliphatic heterocycles. The Morgan fingerprint density at radius 1 is 0.743 bits per heavy atom. The average Bonchev–Trinajstić information content (AvgIpc) is 2.85. The van der Waals surface area contributed by atoms with Crippen LogP contribution in [0.25, 0.3) is 0 Å². The first-order chi connectivity index (χ1) is 16.3. The molecule has 0 spiro atoms. The molecular formula is C25H30F3O6P. The fraction of sp³-hybridized carbons (Fsp3) is 0.240. The van der Waals surface area contributed by atoms with Gasteiger partial charge in [-0.2, -0.15) is 13.2 Å². The van der Waals surface area contributed by atoms with Crippen LogP contribution in [0.4, 0.5) is 13.2 Å². The number of carbonyl (C=O) groups is 1. The summed E-state index contributed by atoms with van der Waals surface area (Å²) in [7, 11) is -3.46. The molecule has 192 valence electrons.